The lowest BCUT2D eigenvalue weighted by Gasteiger charge is -2.03. The van der Waals surface area contributed by atoms with Gasteiger partial charge in [0.25, 0.3) is 0 Å². The molecule has 1 heterocycles. The van der Waals surface area contributed by atoms with Crippen LogP contribution in [-0.4, -0.2) is 27.1 Å². The molecule has 0 spiro atoms. The van der Waals surface area contributed by atoms with Crippen LogP contribution in [0.4, 0.5) is 10.1 Å². The molecule has 1 N–H and O–H groups in total. The number of hydrogen-bond acceptors (Lipinski definition) is 3. The second-order valence-electron chi connectivity index (χ2n) is 7.62. The largest absolute Gasteiger partial charge is 0.478 e. The van der Waals surface area contributed by atoms with Gasteiger partial charge in [-0.3, -0.25) is 4.99 Å². The first-order chi connectivity index (χ1) is 16.5. The Morgan fingerprint density at radius 3 is 2.50 bits per heavy atom. The summed E-state index contributed by atoms with van der Waals surface area (Å²) in [6.07, 6.45) is 3.32. The first kappa shape index (κ1) is 21.6. The number of benzene rings is 4. The molecule has 0 fully saturated rings. The molecule has 4 aromatic carbocycles. The van der Waals surface area contributed by atoms with E-state index in [0.717, 1.165) is 16.3 Å². The molecule has 0 saturated heterocycles. The Hall–Kier alpha value is -4.29. The molecule has 0 aliphatic carbocycles. The smallest absolute Gasteiger partial charge is 0.335 e. The fourth-order valence-corrected chi connectivity index (χ4v) is 3.83. The minimum absolute atomic E-state index is 0.00128. The minimum Gasteiger partial charge on any atom is -0.478 e. The van der Waals surface area contributed by atoms with Gasteiger partial charge in [-0.25, -0.2) is 13.9 Å². The fourth-order valence-electron chi connectivity index (χ4n) is 3.66. The second kappa shape index (κ2) is 8.92. The van der Waals surface area contributed by atoms with Gasteiger partial charge >= 0.3 is 5.97 Å². The molecule has 0 saturated carbocycles. The van der Waals surface area contributed by atoms with Crippen molar-refractivity contribution in [3.05, 3.63) is 113 Å². The predicted octanol–water partition coefficient (Wildman–Crippen LogP) is 6.93. The van der Waals surface area contributed by atoms with Gasteiger partial charge in [0, 0.05) is 23.5 Å². The lowest BCUT2D eigenvalue weighted by Crippen LogP contribution is -1.98. The normalized spacial score (nSPS) is 11.4. The SMILES string of the molecule is O=C(O)c1ccc(-n2cc(C=Nc3cccc(Cl)c3F)c(-c3ccc4ccccc4c3)n2)cc1. The number of rotatable bonds is 5. The maximum Gasteiger partial charge on any atom is 0.335 e. The van der Waals surface area contributed by atoms with Crippen LogP contribution in [0.5, 0.6) is 0 Å². The van der Waals surface area contributed by atoms with Crippen LogP contribution in [0.3, 0.4) is 0 Å². The van der Waals surface area contributed by atoms with Gasteiger partial charge in [0.2, 0.25) is 0 Å². The molecule has 5 aromatic rings. The van der Waals surface area contributed by atoms with E-state index in [1.54, 1.807) is 41.4 Å². The molecule has 0 bridgehead atoms. The summed E-state index contributed by atoms with van der Waals surface area (Å²) in [6.45, 7) is 0. The van der Waals surface area contributed by atoms with E-state index in [0.29, 0.717) is 16.9 Å². The molecule has 0 atom stereocenters. The number of halogens is 2. The number of aromatic nitrogens is 2. The van der Waals surface area contributed by atoms with Crippen molar-refractivity contribution >= 4 is 40.2 Å². The monoisotopic (exact) mass is 469 g/mol. The van der Waals surface area contributed by atoms with E-state index in [9.17, 15) is 9.18 Å². The topological polar surface area (TPSA) is 67.5 Å². The summed E-state index contributed by atoms with van der Waals surface area (Å²) < 4.78 is 16.0. The van der Waals surface area contributed by atoms with Gasteiger partial charge in [0.05, 0.1) is 16.3 Å². The minimum atomic E-state index is -1.000. The fraction of sp³-hybridized carbons (Fsp3) is 0. The maximum absolute atomic E-state index is 14.4. The molecule has 0 amide bonds. The van der Waals surface area contributed by atoms with E-state index in [1.807, 2.05) is 42.5 Å². The molecule has 0 radical (unpaired) electrons. The summed E-state index contributed by atoms with van der Waals surface area (Å²) in [5, 5.41) is 16.1. The van der Waals surface area contributed by atoms with E-state index in [1.165, 1.54) is 18.2 Å². The Morgan fingerprint density at radius 2 is 1.74 bits per heavy atom. The summed E-state index contributed by atoms with van der Waals surface area (Å²) in [6, 6.07) is 25.1. The summed E-state index contributed by atoms with van der Waals surface area (Å²) >= 11 is 5.89. The van der Waals surface area contributed by atoms with Gasteiger partial charge in [0.15, 0.2) is 5.82 Å². The van der Waals surface area contributed by atoms with Crippen LogP contribution >= 0.6 is 11.6 Å². The highest BCUT2D eigenvalue weighted by Gasteiger charge is 2.13. The van der Waals surface area contributed by atoms with E-state index >= 15 is 0 Å². The molecule has 7 heteroatoms. The van der Waals surface area contributed by atoms with Crippen LogP contribution in [0.25, 0.3) is 27.7 Å². The Morgan fingerprint density at radius 1 is 0.971 bits per heavy atom. The van der Waals surface area contributed by atoms with Crippen LogP contribution < -0.4 is 0 Å². The van der Waals surface area contributed by atoms with E-state index in [-0.39, 0.29) is 16.3 Å². The lowest BCUT2D eigenvalue weighted by molar-refractivity contribution is 0.0697. The van der Waals surface area contributed by atoms with Crippen LogP contribution in [0, 0.1) is 5.82 Å². The Bertz CT molecular complexity index is 1560. The van der Waals surface area contributed by atoms with Crippen molar-refractivity contribution in [2.75, 3.05) is 0 Å². The molecule has 0 aliphatic heterocycles. The van der Waals surface area contributed by atoms with Crippen LogP contribution in [0.15, 0.2) is 96.1 Å². The third-order valence-electron chi connectivity index (χ3n) is 5.42. The second-order valence-corrected chi connectivity index (χ2v) is 8.03. The Kier molecular flexibility index (Phi) is 5.65. The van der Waals surface area contributed by atoms with Crippen molar-refractivity contribution in [2.24, 2.45) is 4.99 Å². The van der Waals surface area contributed by atoms with Crippen LogP contribution in [0.2, 0.25) is 5.02 Å². The number of carboxylic acid groups (broad SMARTS) is 1. The highest BCUT2D eigenvalue weighted by Crippen LogP contribution is 2.28. The zero-order valence-electron chi connectivity index (χ0n) is 17.7. The lowest BCUT2D eigenvalue weighted by atomic mass is 10.0. The van der Waals surface area contributed by atoms with Gasteiger partial charge < -0.3 is 5.11 Å². The highest BCUT2D eigenvalue weighted by molar-refractivity contribution is 6.31. The van der Waals surface area contributed by atoms with Gasteiger partial charge in [0.1, 0.15) is 11.4 Å². The summed E-state index contributed by atoms with van der Waals surface area (Å²) in [5.74, 6) is -1.59. The summed E-state index contributed by atoms with van der Waals surface area (Å²) in [4.78, 5) is 15.5. The Labute approximate surface area is 199 Å². The molecule has 0 unspecified atom stereocenters. The van der Waals surface area contributed by atoms with Crippen molar-refractivity contribution in [1.82, 2.24) is 9.78 Å². The third-order valence-corrected chi connectivity index (χ3v) is 5.71. The quantitative estimate of drug-likeness (QED) is 0.284. The van der Waals surface area contributed by atoms with Crippen LogP contribution in [0.1, 0.15) is 15.9 Å². The summed E-state index contributed by atoms with van der Waals surface area (Å²) in [7, 11) is 0. The molecule has 1 aromatic heterocycles. The van der Waals surface area contributed by atoms with Gasteiger partial charge in [-0.05, 0) is 53.2 Å². The third kappa shape index (κ3) is 4.19. The van der Waals surface area contributed by atoms with E-state index in [2.05, 4.69) is 4.99 Å². The zero-order chi connectivity index (χ0) is 23.7. The number of aromatic carboxylic acids is 1. The molecule has 166 valence electrons. The average Bonchev–Trinajstić information content (AvgIpc) is 3.29. The van der Waals surface area contributed by atoms with Crippen molar-refractivity contribution in [2.45, 2.75) is 0 Å². The number of carboxylic acids is 1. The molecule has 5 rings (SSSR count). The van der Waals surface area contributed by atoms with Crippen molar-refractivity contribution in [3.63, 3.8) is 0 Å². The number of hydrogen-bond donors (Lipinski definition) is 1. The molecule has 5 nitrogen and oxygen atoms in total. The average molecular weight is 470 g/mol. The van der Waals surface area contributed by atoms with Crippen molar-refractivity contribution in [3.8, 4) is 16.9 Å². The zero-order valence-corrected chi connectivity index (χ0v) is 18.4. The predicted molar refractivity (Wildman–Crippen MR) is 132 cm³/mol. The first-order valence-electron chi connectivity index (χ1n) is 10.4. The Balaban J connectivity index is 1.62. The number of aliphatic imine (C=N–C) groups is 1. The van der Waals surface area contributed by atoms with Gasteiger partial charge in [-0.1, -0.05) is 54.1 Å². The highest BCUT2D eigenvalue weighted by atomic mass is 35.5. The molecular weight excluding hydrogens is 453 g/mol. The first-order valence-corrected chi connectivity index (χ1v) is 10.8. The van der Waals surface area contributed by atoms with Crippen molar-refractivity contribution in [1.29, 1.82) is 0 Å². The summed E-state index contributed by atoms with van der Waals surface area (Å²) in [5.41, 5.74) is 3.17. The number of carbonyl (C=O) groups is 1. The van der Waals surface area contributed by atoms with Gasteiger partial charge in [-0.15, -0.1) is 0 Å². The molecule has 34 heavy (non-hydrogen) atoms. The molecular formula is C27H17ClFN3O2. The standard InChI is InChI=1S/C27H17ClFN3O2/c28-23-6-3-7-24(25(23)29)30-15-21-16-32(22-12-10-18(11-13-22)27(33)34)31-26(21)20-9-8-17-4-1-2-5-19(17)14-20/h1-16H,(H,33,34). The van der Waals surface area contributed by atoms with Crippen molar-refractivity contribution < 1.29 is 14.3 Å². The van der Waals surface area contributed by atoms with Gasteiger partial charge in [-0.2, -0.15) is 5.10 Å². The van der Waals surface area contributed by atoms with E-state index in [4.69, 9.17) is 21.8 Å². The van der Waals surface area contributed by atoms with E-state index < -0.39 is 11.8 Å². The number of fused-ring (bicyclic) bond motifs is 1. The van der Waals surface area contributed by atoms with Crippen LogP contribution in [-0.2, 0) is 0 Å². The molecule has 0 aliphatic rings. The maximum atomic E-state index is 14.4. The number of nitrogens with zero attached hydrogens (tertiary/aromatic N) is 3.